The van der Waals surface area contributed by atoms with Crippen molar-refractivity contribution in [3.63, 3.8) is 0 Å². The first kappa shape index (κ1) is 63.3. The molecule has 1 aromatic heterocycles. The minimum absolute atomic E-state index is 0.0261. The van der Waals surface area contributed by atoms with E-state index in [1.807, 2.05) is 6.92 Å². The van der Waals surface area contributed by atoms with Crippen LogP contribution in [0.1, 0.15) is 58.6 Å². The van der Waals surface area contributed by atoms with E-state index in [0.29, 0.717) is 51.3 Å². The summed E-state index contributed by atoms with van der Waals surface area (Å²) in [6, 6.07) is -0.214. The van der Waals surface area contributed by atoms with Gasteiger partial charge in [-0.2, -0.15) is 16.8 Å². The maximum atomic E-state index is 12.6. The Hall–Kier alpha value is -4.21. The van der Waals surface area contributed by atoms with E-state index in [1.54, 1.807) is 13.1 Å². The normalized spacial score (nSPS) is 30.2. The van der Waals surface area contributed by atoms with Gasteiger partial charge in [-0.25, -0.2) is 13.2 Å². The molecule has 8 N–H and O–H groups in total. The number of carboxylic acids is 1. The molecule has 3 fully saturated rings. The van der Waals surface area contributed by atoms with Gasteiger partial charge < -0.3 is 73.6 Å². The number of aryl methyl sites for hydroxylation is 1. The lowest BCUT2D eigenvalue weighted by Crippen LogP contribution is -2.65. The SMILES string of the molecule is CO[C@@H]1C(COS(=O)(=O)O)O[C@H](O[C@@H]2C(C(=O)O)O[C@@H](OC3[C@@H](COS(=O)(=O)O)O[C@@H](/C=N\OCc4cn(CCCC(=O)CC(C)COCCOCC(C)NC(=O)CCCN=[N+]=[N-])nn4)[C@H]3O)C(O)[C@H]2O)C(C)[C@H]1O. The zero-order chi connectivity index (χ0) is 55.5. The molecule has 428 valence electrons. The molecule has 4 heterocycles. The van der Waals surface area contributed by atoms with Crippen molar-refractivity contribution in [2.24, 2.45) is 22.1 Å². The first-order valence-corrected chi connectivity index (χ1v) is 26.1. The second-order valence-corrected chi connectivity index (χ2v) is 19.9. The highest BCUT2D eigenvalue weighted by atomic mass is 32.3. The largest absolute Gasteiger partial charge is 0.479 e. The molecule has 0 aliphatic carbocycles. The Morgan fingerprint density at radius 1 is 0.880 bits per heavy atom. The Balaban J connectivity index is 1.23. The third-order valence-electron chi connectivity index (χ3n) is 11.5. The molecule has 16 atom stereocenters. The van der Waals surface area contributed by atoms with E-state index in [1.165, 1.54) is 11.6 Å². The molecule has 0 saturated carbocycles. The minimum atomic E-state index is -5.10. The van der Waals surface area contributed by atoms with E-state index in [2.05, 4.69) is 39.2 Å². The summed E-state index contributed by atoms with van der Waals surface area (Å²) in [5.41, 5.74) is 8.60. The number of hydrogen-bond donors (Lipinski definition) is 8. The Labute approximate surface area is 430 Å². The molecule has 35 heteroatoms. The Morgan fingerprint density at radius 2 is 1.53 bits per heavy atom. The molecule has 0 aromatic carbocycles. The number of aliphatic hydroxyl groups is 4. The number of ketones is 1. The van der Waals surface area contributed by atoms with Crippen molar-refractivity contribution in [2.75, 3.05) is 53.3 Å². The maximum absolute atomic E-state index is 12.6. The van der Waals surface area contributed by atoms with Gasteiger partial charge in [-0.3, -0.25) is 23.4 Å². The third kappa shape index (κ3) is 21.3. The molecule has 0 bridgehead atoms. The molecule has 0 spiro atoms. The van der Waals surface area contributed by atoms with Gasteiger partial charge in [0, 0.05) is 62.9 Å². The van der Waals surface area contributed by atoms with Crippen LogP contribution in [0.5, 0.6) is 0 Å². The number of aliphatic carboxylic acids is 1. The number of azide groups is 1. The van der Waals surface area contributed by atoms with Gasteiger partial charge in [0.15, 0.2) is 25.3 Å². The zero-order valence-corrected chi connectivity index (χ0v) is 42.9. The average molecular weight is 1120 g/mol. The molecule has 4 rings (SSSR count). The molecular formula is C40H66N8O25S2. The van der Waals surface area contributed by atoms with Crippen molar-refractivity contribution in [1.82, 2.24) is 20.3 Å². The molecular weight excluding hydrogens is 1060 g/mol. The number of nitrogens with zero attached hydrogens (tertiary/aromatic N) is 7. The standard InChI is InChI=1S/C40H66N8O25S2/c1-21(16-64-11-12-65-17-22(2)44-29(50)8-5-9-42-46-41)13-25(49)7-6-10-48-15-24(45-47-48)18-66-43-14-26-31(52)35(28(69-26)20-68-75(60,61)62)71-40-33(54)32(53)36(37(73-40)38(55)56)72-39-23(3)30(51)34(63-4)27(70-39)19-67-74(57,58)59/h14-15,21-23,26-28,30-37,39-40,51-54H,5-13,16-20H2,1-4H3,(H,44,50)(H,55,56)(H,57,58,59)(H,60,61,62)/b43-14-/t21?,22?,23?,26-,27?,28+,30+,31+,32+,33?,34+,35?,36-,37?,39+,40+/m0/s1. The fourth-order valence-corrected chi connectivity index (χ4v) is 8.47. The zero-order valence-electron chi connectivity index (χ0n) is 41.2. The molecule has 75 heavy (non-hydrogen) atoms. The first-order chi connectivity index (χ1) is 35.4. The molecule has 0 radical (unpaired) electrons. The number of amides is 1. The molecule has 3 saturated heterocycles. The van der Waals surface area contributed by atoms with E-state index in [0.717, 1.165) is 13.3 Å². The summed E-state index contributed by atoms with van der Waals surface area (Å²) >= 11 is 0. The summed E-state index contributed by atoms with van der Waals surface area (Å²) in [5, 5.41) is 72.4. The van der Waals surface area contributed by atoms with Crippen LogP contribution in [-0.2, 0) is 99.4 Å². The summed E-state index contributed by atoms with van der Waals surface area (Å²) < 4.78 is 118. The third-order valence-corrected chi connectivity index (χ3v) is 12.4. The number of hydrogen-bond acceptors (Lipinski definition) is 26. The van der Waals surface area contributed by atoms with Crippen molar-refractivity contribution in [3.05, 3.63) is 22.3 Å². The quantitative estimate of drug-likeness (QED) is 0.00678. The van der Waals surface area contributed by atoms with E-state index in [4.69, 9.17) is 52.8 Å². The highest BCUT2D eigenvalue weighted by Gasteiger charge is 2.55. The van der Waals surface area contributed by atoms with Crippen molar-refractivity contribution in [3.8, 4) is 0 Å². The van der Waals surface area contributed by atoms with Crippen LogP contribution in [-0.4, -0.2) is 229 Å². The molecule has 1 amide bonds. The van der Waals surface area contributed by atoms with Crippen LogP contribution in [0.2, 0.25) is 0 Å². The highest BCUT2D eigenvalue weighted by molar-refractivity contribution is 7.81. The van der Waals surface area contributed by atoms with Gasteiger partial charge in [0.1, 0.15) is 66.4 Å². The number of carbonyl (C=O) groups excluding carboxylic acids is 2. The van der Waals surface area contributed by atoms with Gasteiger partial charge in [-0.15, -0.1) is 5.10 Å². The van der Waals surface area contributed by atoms with Crippen molar-refractivity contribution >= 4 is 44.7 Å². The molecule has 33 nitrogen and oxygen atoms in total. The molecule has 1 aromatic rings. The predicted octanol–water partition coefficient (Wildman–Crippen LogP) is -2.41. The number of ether oxygens (including phenoxy) is 8. The summed E-state index contributed by atoms with van der Waals surface area (Å²) in [4.78, 5) is 44.9. The van der Waals surface area contributed by atoms with Gasteiger partial charge in [0.05, 0.1) is 51.5 Å². The monoisotopic (exact) mass is 1120 g/mol. The van der Waals surface area contributed by atoms with Gasteiger partial charge >= 0.3 is 26.8 Å². The van der Waals surface area contributed by atoms with Gasteiger partial charge in [-0.05, 0) is 31.2 Å². The predicted molar refractivity (Wildman–Crippen MR) is 246 cm³/mol. The number of rotatable bonds is 34. The summed E-state index contributed by atoms with van der Waals surface area (Å²) in [6.07, 6.45) is -18.9. The number of aromatic nitrogens is 3. The lowest BCUT2D eigenvalue weighted by atomic mass is 9.91. The van der Waals surface area contributed by atoms with Crippen LogP contribution in [0.25, 0.3) is 10.4 Å². The smallest absolute Gasteiger partial charge is 0.397 e. The van der Waals surface area contributed by atoms with Crippen molar-refractivity contribution in [2.45, 2.75) is 152 Å². The van der Waals surface area contributed by atoms with Crippen LogP contribution >= 0.6 is 0 Å². The summed E-state index contributed by atoms with van der Waals surface area (Å²) in [6.45, 7) is 4.74. The number of nitrogens with one attached hydrogen (secondary N) is 1. The Morgan fingerprint density at radius 3 is 2.17 bits per heavy atom. The Bertz CT molecular complexity index is 2260. The number of Topliss-reactive ketones (excluding diaryl/α,β-unsaturated/α-hetero) is 1. The molecule has 7 unspecified atom stereocenters. The van der Waals surface area contributed by atoms with Crippen LogP contribution in [0.15, 0.2) is 16.5 Å². The van der Waals surface area contributed by atoms with Crippen LogP contribution in [0, 0.1) is 11.8 Å². The van der Waals surface area contributed by atoms with Crippen molar-refractivity contribution in [1.29, 1.82) is 0 Å². The lowest BCUT2D eigenvalue weighted by molar-refractivity contribution is -0.353. The molecule has 3 aliphatic heterocycles. The van der Waals surface area contributed by atoms with E-state index >= 15 is 0 Å². The number of aliphatic hydroxyl groups excluding tert-OH is 4. The van der Waals surface area contributed by atoms with Crippen LogP contribution in [0.3, 0.4) is 0 Å². The number of methoxy groups -OCH3 is 1. The summed E-state index contributed by atoms with van der Waals surface area (Å²) in [7, 11) is -8.94. The van der Waals surface area contributed by atoms with Gasteiger partial charge in [-0.1, -0.05) is 29.3 Å². The fraction of sp³-hybridized carbons (Fsp3) is 0.850. The minimum Gasteiger partial charge on any atom is -0.479 e. The van der Waals surface area contributed by atoms with E-state index < -0.39 is 126 Å². The topological polar surface area (TPSA) is 466 Å². The van der Waals surface area contributed by atoms with E-state index in [9.17, 15) is 61.3 Å². The number of carboxylic acid groups (broad SMARTS) is 1. The first-order valence-electron chi connectivity index (χ1n) is 23.4. The maximum Gasteiger partial charge on any atom is 0.397 e. The van der Waals surface area contributed by atoms with Gasteiger partial charge in [0.25, 0.3) is 0 Å². The highest BCUT2D eigenvalue weighted by Crippen LogP contribution is 2.35. The lowest BCUT2D eigenvalue weighted by Gasteiger charge is -2.46. The fourth-order valence-electron chi connectivity index (χ4n) is 7.86. The van der Waals surface area contributed by atoms with Crippen LogP contribution in [0.4, 0.5) is 0 Å². The second-order valence-electron chi connectivity index (χ2n) is 17.7. The number of carbonyl (C=O) groups is 3. The molecule has 3 aliphatic rings. The Kier molecular flexibility index (Phi) is 25.9. The second kappa shape index (κ2) is 30.7. The van der Waals surface area contributed by atoms with Gasteiger partial charge in [0.2, 0.25) is 5.91 Å². The summed E-state index contributed by atoms with van der Waals surface area (Å²) in [5.74, 6) is -3.04. The number of oxime groups is 1. The van der Waals surface area contributed by atoms with E-state index in [-0.39, 0.29) is 56.3 Å². The van der Waals surface area contributed by atoms with Crippen LogP contribution < -0.4 is 5.32 Å². The van der Waals surface area contributed by atoms with Crippen molar-refractivity contribution < 1.29 is 117 Å². The average Bonchev–Trinajstić information content (AvgIpc) is 3.91.